The quantitative estimate of drug-likeness (QED) is 0.804. The number of aromatic nitrogens is 1. The van der Waals surface area contributed by atoms with Gasteiger partial charge in [0.05, 0.1) is 5.56 Å². The summed E-state index contributed by atoms with van der Waals surface area (Å²) in [4.78, 5) is 43.6. The molecule has 2 aliphatic heterocycles. The number of carbonyl (C=O) groups is 2. The topological polar surface area (TPSA) is 77.9 Å². The highest BCUT2D eigenvalue weighted by molar-refractivity contribution is 5.97. The highest BCUT2D eigenvalue weighted by Gasteiger charge is 2.32. The molecule has 164 valence electrons. The predicted octanol–water partition coefficient (Wildman–Crippen LogP) is 1.38. The number of rotatable bonds is 4. The van der Waals surface area contributed by atoms with Gasteiger partial charge in [-0.15, -0.1) is 0 Å². The Morgan fingerprint density at radius 1 is 1.00 bits per heavy atom. The van der Waals surface area contributed by atoms with Crippen LogP contribution in [0.2, 0.25) is 0 Å². The largest absolute Gasteiger partial charge is 0.371 e. The van der Waals surface area contributed by atoms with Gasteiger partial charge in [0, 0.05) is 63.4 Å². The summed E-state index contributed by atoms with van der Waals surface area (Å²) in [5.74, 6) is -0.295. The highest BCUT2D eigenvalue weighted by Crippen LogP contribution is 2.24. The van der Waals surface area contributed by atoms with E-state index in [0.29, 0.717) is 25.2 Å². The summed E-state index contributed by atoms with van der Waals surface area (Å²) in [5, 5.41) is 3.03. The van der Waals surface area contributed by atoms with Crippen LogP contribution in [0.1, 0.15) is 23.2 Å². The smallest absolute Gasteiger partial charge is 0.255 e. The second kappa shape index (κ2) is 8.93. The van der Waals surface area contributed by atoms with E-state index in [-0.39, 0.29) is 17.4 Å². The molecule has 8 nitrogen and oxygen atoms in total. The number of hydrogen-bond donors (Lipinski definition) is 1. The number of nitrogens with zero attached hydrogens (tertiary/aromatic N) is 4. The molecule has 0 aliphatic carbocycles. The van der Waals surface area contributed by atoms with E-state index in [0.717, 1.165) is 24.5 Å². The molecule has 3 heterocycles. The van der Waals surface area contributed by atoms with Crippen LogP contribution < -0.4 is 15.8 Å². The van der Waals surface area contributed by atoms with Crippen LogP contribution in [0.15, 0.2) is 47.4 Å². The van der Waals surface area contributed by atoms with Gasteiger partial charge in [0.2, 0.25) is 11.5 Å². The Morgan fingerprint density at radius 2 is 1.77 bits per heavy atom. The Bertz CT molecular complexity index is 1030. The normalized spacial score (nSPS) is 19.5. The van der Waals surface area contributed by atoms with E-state index < -0.39 is 6.04 Å². The number of piperazine rings is 1. The van der Waals surface area contributed by atoms with E-state index in [4.69, 9.17) is 0 Å². The first-order chi connectivity index (χ1) is 14.9. The van der Waals surface area contributed by atoms with Crippen molar-refractivity contribution in [2.24, 2.45) is 7.05 Å². The molecule has 2 aliphatic rings. The summed E-state index contributed by atoms with van der Waals surface area (Å²) in [7, 11) is 3.52. The summed E-state index contributed by atoms with van der Waals surface area (Å²) < 4.78 is 1.39. The molecule has 2 amide bonds. The van der Waals surface area contributed by atoms with E-state index in [1.54, 1.807) is 24.2 Å². The number of aryl methyl sites for hydroxylation is 1. The first-order valence-corrected chi connectivity index (χ1v) is 10.7. The van der Waals surface area contributed by atoms with Crippen LogP contribution in [-0.4, -0.2) is 72.0 Å². The fraction of sp³-hybridized carbons (Fsp3) is 0.435. The zero-order chi connectivity index (χ0) is 22.0. The monoisotopic (exact) mass is 423 g/mol. The zero-order valence-electron chi connectivity index (χ0n) is 18.1. The van der Waals surface area contributed by atoms with Crippen molar-refractivity contribution in [1.82, 2.24) is 14.4 Å². The third-order valence-corrected chi connectivity index (χ3v) is 6.16. The molecule has 0 radical (unpaired) electrons. The summed E-state index contributed by atoms with van der Waals surface area (Å²) in [6.45, 7) is 3.53. The van der Waals surface area contributed by atoms with Gasteiger partial charge in [-0.3, -0.25) is 19.3 Å². The van der Waals surface area contributed by atoms with Gasteiger partial charge in [-0.2, -0.15) is 0 Å². The van der Waals surface area contributed by atoms with Gasteiger partial charge < -0.3 is 19.7 Å². The maximum absolute atomic E-state index is 13.1. The van der Waals surface area contributed by atoms with Crippen LogP contribution in [0, 0.1) is 0 Å². The second-order valence-electron chi connectivity index (χ2n) is 8.35. The number of anilines is 2. The highest BCUT2D eigenvalue weighted by atomic mass is 16.2. The van der Waals surface area contributed by atoms with Crippen molar-refractivity contribution in [3.8, 4) is 0 Å². The number of likely N-dealkylation sites (N-methyl/N-ethyl adjacent to an activating group) is 1. The fourth-order valence-corrected chi connectivity index (χ4v) is 4.23. The van der Waals surface area contributed by atoms with Crippen LogP contribution in [0.3, 0.4) is 0 Å². The Labute approximate surface area is 182 Å². The summed E-state index contributed by atoms with van der Waals surface area (Å²) in [5.41, 5.74) is 2.18. The number of hydrogen-bond acceptors (Lipinski definition) is 5. The second-order valence-corrected chi connectivity index (χ2v) is 8.35. The first kappa shape index (κ1) is 21.1. The molecule has 0 bridgehead atoms. The van der Waals surface area contributed by atoms with Crippen molar-refractivity contribution in [3.63, 3.8) is 0 Å². The average Bonchev–Trinajstić information content (AvgIpc) is 3.31. The molecule has 1 atom stereocenters. The van der Waals surface area contributed by atoms with Crippen molar-refractivity contribution < 1.29 is 9.59 Å². The molecule has 2 aromatic rings. The number of carbonyl (C=O) groups excluding carboxylic acids is 2. The maximum atomic E-state index is 13.1. The van der Waals surface area contributed by atoms with Gasteiger partial charge in [-0.25, -0.2) is 0 Å². The van der Waals surface area contributed by atoms with Crippen molar-refractivity contribution in [2.45, 2.75) is 18.9 Å². The molecule has 0 spiro atoms. The molecule has 1 aromatic carbocycles. The molecular formula is C23H29N5O3. The van der Waals surface area contributed by atoms with Crippen LogP contribution in [0.4, 0.5) is 11.4 Å². The number of amides is 2. The lowest BCUT2D eigenvalue weighted by Gasteiger charge is -2.38. The molecule has 0 saturated carbocycles. The molecule has 1 unspecified atom stereocenters. The van der Waals surface area contributed by atoms with Crippen molar-refractivity contribution in [1.29, 1.82) is 0 Å². The van der Waals surface area contributed by atoms with E-state index in [2.05, 4.69) is 16.3 Å². The van der Waals surface area contributed by atoms with E-state index >= 15 is 0 Å². The minimum absolute atomic E-state index is 0.126. The van der Waals surface area contributed by atoms with Gasteiger partial charge in [-0.1, -0.05) is 6.07 Å². The van der Waals surface area contributed by atoms with E-state index in [1.165, 1.54) is 23.5 Å². The SMILES string of the molecule is CN1CCN(C(=O)c2ccc(=O)n(C)c2)CC1C(=O)Nc1cccc(N2CCCC2)c1. The van der Waals surface area contributed by atoms with Gasteiger partial charge in [0.15, 0.2) is 0 Å². The van der Waals surface area contributed by atoms with Crippen LogP contribution >= 0.6 is 0 Å². The molecule has 31 heavy (non-hydrogen) atoms. The van der Waals surface area contributed by atoms with E-state index in [1.807, 2.05) is 30.1 Å². The third kappa shape index (κ3) is 4.64. The Hall–Kier alpha value is -3.13. The van der Waals surface area contributed by atoms with Crippen molar-refractivity contribution in [3.05, 3.63) is 58.5 Å². The molecular weight excluding hydrogens is 394 g/mol. The Kier molecular flexibility index (Phi) is 6.08. The minimum atomic E-state index is -0.444. The summed E-state index contributed by atoms with van der Waals surface area (Å²) in [6.07, 6.45) is 3.94. The number of pyridine rings is 1. The Balaban J connectivity index is 1.45. The molecule has 1 aromatic heterocycles. The van der Waals surface area contributed by atoms with Gasteiger partial charge >= 0.3 is 0 Å². The summed E-state index contributed by atoms with van der Waals surface area (Å²) >= 11 is 0. The maximum Gasteiger partial charge on any atom is 0.255 e. The minimum Gasteiger partial charge on any atom is -0.371 e. The standard InChI is InChI=1S/C23H29N5O3/c1-25-12-13-28(23(31)17-8-9-21(29)26(2)15-17)16-20(25)22(30)24-18-6-5-7-19(14-18)27-10-3-4-11-27/h5-9,14-15,20H,3-4,10-13,16H2,1-2H3,(H,24,30). The van der Waals surface area contributed by atoms with Crippen molar-refractivity contribution in [2.75, 3.05) is 50.0 Å². The van der Waals surface area contributed by atoms with Gasteiger partial charge in [-0.05, 0) is 44.2 Å². The molecule has 4 rings (SSSR count). The third-order valence-electron chi connectivity index (χ3n) is 6.16. The predicted molar refractivity (Wildman–Crippen MR) is 121 cm³/mol. The molecule has 2 saturated heterocycles. The summed E-state index contributed by atoms with van der Waals surface area (Å²) in [6, 6.07) is 10.4. The van der Waals surface area contributed by atoms with Gasteiger partial charge in [0.1, 0.15) is 6.04 Å². The lowest BCUT2D eigenvalue weighted by molar-refractivity contribution is -0.122. The van der Waals surface area contributed by atoms with Crippen LogP contribution in [-0.2, 0) is 11.8 Å². The van der Waals surface area contributed by atoms with Crippen LogP contribution in [0.25, 0.3) is 0 Å². The van der Waals surface area contributed by atoms with Gasteiger partial charge in [0.25, 0.3) is 5.91 Å². The first-order valence-electron chi connectivity index (χ1n) is 10.7. The fourth-order valence-electron chi connectivity index (χ4n) is 4.23. The zero-order valence-corrected chi connectivity index (χ0v) is 18.1. The lowest BCUT2D eigenvalue weighted by atomic mass is 10.1. The molecule has 1 N–H and O–H groups in total. The van der Waals surface area contributed by atoms with Crippen LogP contribution in [0.5, 0.6) is 0 Å². The van der Waals surface area contributed by atoms with Crippen molar-refractivity contribution >= 4 is 23.2 Å². The number of benzene rings is 1. The molecule has 2 fully saturated rings. The Morgan fingerprint density at radius 3 is 2.52 bits per heavy atom. The average molecular weight is 424 g/mol. The van der Waals surface area contributed by atoms with E-state index in [9.17, 15) is 14.4 Å². The number of nitrogens with one attached hydrogen (secondary N) is 1. The molecule has 8 heteroatoms. The lowest BCUT2D eigenvalue weighted by Crippen LogP contribution is -2.57.